The molecule has 2 heterocycles. The van der Waals surface area contributed by atoms with Crippen LogP contribution in [0.5, 0.6) is 0 Å². The topological polar surface area (TPSA) is 62.4 Å². The molecule has 0 aliphatic carbocycles. The molecule has 3 aromatic rings. The smallest absolute Gasteiger partial charge is 0.244 e. The molecule has 0 amide bonds. The highest BCUT2D eigenvalue weighted by atomic mass is 19.1. The minimum Gasteiger partial charge on any atom is -0.392 e. The molecule has 1 aliphatic heterocycles. The molecule has 2 atom stereocenters. The molecule has 5 nitrogen and oxygen atoms in total. The molecule has 1 saturated heterocycles. The average Bonchev–Trinajstić information content (AvgIpc) is 3.24. The Bertz CT molecular complexity index is 894. The van der Waals surface area contributed by atoms with Crippen molar-refractivity contribution in [2.24, 2.45) is 0 Å². The number of aliphatic hydroxyl groups excluding tert-OH is 1. The highest BCUT2D eigenvalue weighted by molar-refractivity contribution is 5.55. The minimum atomic E-state index is -0.449. The van der Waals surface area contributed by atoms with Gasteiger partial charge in [-0.3, -0.25) is 4.90 Å². The van der Waals surface area contributed by atoms with Gasteiger partial charge in [-0.1, -0.05) is 41.1 Å². The molecule has 0 saturated carbocycles. The van der Waals surface area contributed by atoms with Gasteiger partial charge in [0.1, 0.15) is 5.82 Å². The van der Waals surface area contributed by atoms with Gasteiger partial charge in [0, 0.05) is 18.7 Å². The van der Waals surface area contributed by atoms with Gasteiger partial charge < -0.3 is 9.63 Å². The first-order chi connectivity index (χ1) is 12.6. The van der Waals surface area contributed by atoms with Gasteiger partial charge in [0.05, 0.1) is 12.1 Å². The Hall–Kier alpha value is -2.57. The highest BCUT2D eigenvalue weighted by Crippen LogP contribution is 2.33. The van der Waals surface area contributed by atoms with Crippen LogP contribution in [0.15, 0.2) is 53.1 Å². The number of aliphatic hydroxyl groups is 1. The summed E-state index contributed by atoms with van der Waals surface area (Å²) in [6.07, 6.45) is 0.0890. The average molecular weight is 353 g/mol. The predicted molar refractivity (Wildman–Crippen MR) is 94.6 cm³/mol. The second kappa shape index (κ2) is 6.97. The van der Waals surface area contributed by atoms with Crippen LogP contribution in [-0.2, 0) is 6.54 Å². The fourth-order valence-electron chi connectivity index (χ4n) is 3.41. The fraction of sp³-hybridized carbons (Fsp3) is 0.300. The van der Waals surface area contributed by atoms with Crippen LogP contribution in [0.1, 0.15) is 29.5 Å². The van der Waals surface area contributed by atoms with Gasteiger partial charge in [-0.25, -0.2) is 4.39 Å². The van der Waals surface area contributed by atoms with Gasteiger partial charge in [-0.2, -0.15) is 4.98 Å². The molecule has 1 aromatic heterocycles. The first kappa shape index (κ1) is 16.9. The maximum atomic E-state index is 13.1. The number of hydrogen-bond donors (Lipinski definition) is 1. The number of likely N-dealkylation sites (tertiary alicyclic amines) is 1. The lowest BCUT2D eigenvalue weighted by molar-refractivity contribution is 0.169. The number of nitrogens with zero attached hydrogens (tertiary/aromatic N) is 3. The van der Waals surface area contributed by atoms with Gasteiger partial charge >= 0.3 is 0 Å². The Kier molecular flexibility index (Phi) is 4.53. The lowest BCUT2D eigenvalue weighted by atomic mass is 10.1. The van der Waals surface area contributed by atoms with E-state index in [1.165, 1.54) is 12.1 Å². The van der Waals surface area contributed by atoms with Gasteiger partial charge in [0.2, 0.25) is 11.7 Å². The van der Waals surface area contributed by atoms with Crippen LogP contribution in [0.2, 0.25) is 0 Å². The summed E-state index contributed by atoms with van der Waals surface area (Å²) in [7, 11) is 0. The van der Waals surface area contributed by atoms with Gasteiger partial charge in [0.15, 0.2) is 0 Å². The molecule has 26 heavy (non-hydrogen) atoms. The summed E-state index contributed by atoms with van der Waals surface area (Å²) in [6, 6.07) is 14.2. The molecule has 0 spiro atoms. The van der Waals surface area contributed by atoms with Crippen LogP contribution >= 0.6 is 0 Å². The second-order valence-corrected chi connectivity index (χ2v) is 6.79. The zero-order valence-corrected chi connectivity index (χ0v) is 14.5. The summed E-state index contributed by atoms with van der Waals surface area (Å²) < 4.78 is 18.6. The quantitative estimate of drug-likeness (QED) is 0.778. The van der Waals surface area contributed by atoms with Crippen molar-refractivity contribution in [1.29, 1.82) is 0 Å². The first-order valence-corrected chi connectivity index (χ1v) is 8.66. The normalized spacial score (nSPS) is 20.6. The highest BCUT2D eigenvalue weighted by Gasteiger charge is 2.35. The molecule has 0 radical (unpaired) electrons. The van der Waals surface area contributed by atoms with Crippen LogP contribution < -0.4 is 0 Å². The summed E-state index contributed by atoms with van der Waals surface area (Å²) in [5, 5.41) is 14.2. The zero-order chi connectivity index (χ0) is 18.1. The van der Waals surface area contributed by atoms with E-state index < -0.39 is 6.10 Å². The van der Waals surface area contributed by atoms with E-state index in [0.717, 1.165) is 16.7 Å². The van der Waals surface area contributed by atoms with E-state index in [4.69, 9.17) is 4.52 Å². The molecule has 4 rings (SSSR count). The van der Waals surface area contributed by atoms with E-state index in [2.05, 4.69) is 15.0 Å². The summed E-state index contributed by atoms with van der Waals surface area (Å²) >= 11 is 0. The standard InChI is InChI=1S/C20H20FN3O2/c1-13-3-2-4-15(9-13)19-22-20(26-23-19)18-10-17(25)12-24(18)11-14-5-7-16(21)8-6-14/h2-9,17-18,25H,10-12H2,1H3/t17-,18+/m1/s1. The van der Waals surface area contributed by atoms with Gasteiger partial charge in [-0.05, 0) is 37.1 Å². The van der Waals surface area contributed by atoms with E-state index in [0.29, 0.717) is 31.2 Å². The third-order valence-corrected chi connectivity index (χ3v) is 4.68. The molecular weight excluding hydrogens is 333 g/mol. The fourth-order valence-corrected chi connectivity index (χ4v) is 3.41. The number of rotatable bonds is 4. The van der Waals surface area contributed by atoms with Crippen molar-refractivity contribution in [2.45, 2.75) is 32.0 Å². The van der Waals surface area contributed by atoms with Crippen LogP contribution in [0.3, 0.4) is 0 Å². The number of aromatic nitrogens is 2. The van der Waals surface area contributed by atoms with E-state index in [1.807, 2.05) is 31.2 Å². The predicted octanol–water partition coefficient (Wildman–Crippen LogP) is 3.49. The van der Waals surface area contributed by atoms with Crippen molar-refractivity contribution in [3.8, 4) is 11.4 Å². The van der Waals surface area contributed by atoms with Crippen molar-refractivity contribution in [3.05, 3.63) is 71.4 Å². The Labute approximate surface area is 151 Å². The number of β-amino-alcohol motifs (C(OH)–C–C–N with tert-alkyl or cyclic N) is 1. The SMILES string of the molecule is Cc1cccc(-c2noc([C@@H]3C[C@@H](O)CN3Cc3ccc(F)cc3)n2)c1. The number of aryl methyl sites for hydroxylation is 1. The summed E-state index contributed by atoms with van der Waals surface area (Å²) in [5.41, 5.74) is 3.01. The molecule has 0 unspecified atom stereocenters. The van der Waals surface area contributed by atoms with Crippen molar-refractivity contribution in [3.63, 3.8) is 0 Å². The van der Waals surface area contributed by atoms with Crippen LogP contribution in [0.25, 0.3) is 11.4 Å². The van der Waals surface area contributed by atoms with Crippen molar-refractivity contribution < 1.29 is 14.0 Å². The third kappa shape index (κ3) is 3.52. The summed E-state index contributed by atoms with van der Waals surface area (Å²) in [5.74, 6) is 0.790. The monoisotopic (exact) mass is 353 g/mol. The van der Waals surface area contributed by atoms with Gasteiger partial charge in [0.25, 0.3) is 0 Å². The maximum absolute atomic E-state index is 13.1. The lowest BCUT2D eigenvalue weighted by Gasteiger charge is -2.21. The van der Waals surface area contributed by atoms with E-state index >= 15 is 0 Å². The maximum Gasteiger partial charge on any atom is 0.244 e. The Morgan fingerprint density at radius 2 is 2.04 bits per heavy atom. The Balaban J connectivity index is 1.56. The van der Waals surface area contributed by atoms with Crippen molar-refractivity contribution >= 4 is 0 Å². The van der Waals surface area contributed by atoms with Crippen LogP contribution in [-0.4, -0.2) is 32.8 Å². The molecule has 1 N–H and O–H groups in total. The second-order valence-electron chi connectivity index (χ2n) is 6.79. The number of benzene rings is 2. The first-order valence-electron chi connectivity index (χ1n) is 8.66. The summed E-state index contributed by atoms with van der Waals surface area (Å²) in [4.78, 5) is 6.64. The molecule has 0 bridgehead atoms. The molecule has 1 fully saturated rings. The number of hydrogen-bond acceptors (Lipinski definition) is 5. The summed E-state index contributed by atoms with van der Waals surface area (Å²) in [6.45, 7) is 3.12. The van der Waals surface area contributed by atoms with E-state index in [1.54, 1.807) is 12.1 Å². The van der Waals surface area contributed by atoms with Gasteiger partial charge in [-0.15, -0.1) is 0 Å². The molecule has 1 aliphatic rings. The van der Waals surface area contributed by atoms with Crippen molar-refractivity contribution in [2.75, 3.05) is 6.54 Å². The molecule has 134 valence electrons. The molecular formula is C20H20FN3O2. The lowest BCUT2D eigenvalue weighted by Crippen LogP contribution is -2.24. The van der Waals surface area contributed by atoms with E-state index in [9.17, 15) is 9.50 Å². The molecule has 6 heteroatoms. The zero-order valence-electron chi connectivity index (χ0n) is 14.5. The van der Waals surface area contributed by atoms with Crippen LogP contribution in [0, 0.1) is 12.7 Å². The largest absolute Gasteiger partial charge is 0.392 e. The Morgan fingerprint density at radius 1 is 1.23 bits per heavy atom. The Morgan fingerprint density at radius 3 is 2.81 bits per heavy atom. The molecule has 2 aromatic carbocycles. The minimum absolute atomic E-state index is 0.152. The number of halogens is 1. The van der Waals surface area contributed by atoms with Crippen molar-refractivity contribution in [1.82, 2.24) is 15.0 Å². The van der Waals surface area contributed by atoms with E-state index in [-0.39, 0.29) is 11.9 Å². The third-order valence-electron chi connectivity index (χ3n) is 4.68. The van der Waals surface area contributed by atoms with Crippen LogP contribution in [0.4, 0.5) is 4.39 Å².